The van der Waals surface area contributed by atoms with Gasteiger partial charge in [0.25, 0.3) is 0 Å². The largest absolute Gasteiger partial charge is 0.308 e. The number of benzene rings is 7. The average molecular weight is 676 g/mol. The Morgan fingerprint density at radius 3 is 1.58 bits per heavy atom. The van der Waals surface area contributed by atoms with Crippen LogP contribution in [-0.4, -0.2) is 24.5 Å². The fourth-order valence-electron chi connectivity index (χ4n) is 8.19. The van der Waals surface area contributed by atoms with Crippen molar-refractivity contribution in [1.29, 1.82) is 0 Å². The highest BCUT2D eigenvalue weighted by atomic mass is 15.1. The number of fused-ring (bicyclic) bond motifs is 3. The molecule has 0 amide bonds. The molecule has 7 aromatic carbocycles. The number of nitrogens with zero attached hydrogens (tertiary/aromatic N) is 5. The van der Waals surface area contributed by atoms with Gasteiger partial charge in [0, 0.05) is 39.2 Å². The smallest absolute Gasteiger partial charge is 0.166 e. The predicted octanol–water partition coefficient (Wildman–Crippen LogP) is 11.8. The monoisotopic (exact) mass is 675 g/mol. The summed E-state index contributed by atoms with van der Waals surface area (Å²) in [4.78, 5) is 20.4. The molecule has 0 spiro atoms. The van der Waals surface area contributed by atoms with Crippen LogP contribution in [-0.2, 0) is 0 Å². The maximum Gasteiger partial charge on any atom is 0.166 e. The van der Waals surface area contributed by atoms with E-state index in [1.165, 1.54) is 43.8 Å². The van der Waals surface area contributed by atoms with Gasteiger partial charge < -0.3 is 4.57 Å². The van der Waals surface area contributed by atoms with Gasteiger partial charge in [-0.05, 0) is 63.4 Å². The topological polar surface area (TPSA) is 56.5 Å². The zero-order valence-corrected chi connectivity index (χ0v) is 28.5. The van der Waals surface area contributed by atoms with Crippen LogP contribution in [0.3, 0.4) is 0 Å². The molecule has 5 nitrogen and oxygen atoms in total. The molecule has 0 aliphatic heterocycles. The van der Waals surface area contributed by atoms with Crippen LogP contribution in [0.4, 0.5) is 0 Å². The van der Waals surface area contributed by atoms with Crippen molar-refractivity contribution in [3.05, 3.63) is 176 Å². The predicted molar refractivity (Wildman–Crippen MR) is 216 cm³/mol. The molecule has 0 saturated heterocycles. The molecule has 0 unspecified atom stereocenters. The van der Waals surface area contributed by atoms with E-state index in [1.54, 1.807) is 0 Å². The second-order valence-electron chi connectivity index (χ2n) is 13.4. The Morgan fingerprint density at radius 2 is 0.887 bits per heavy atom. The molecule has 246 valence electrons. The van der Waals surface area contributed by atoms with Crippen molar-refractivity contribution in [2.45, 2.75) is 0 Å². The Balaban J connectivity index is 1.30. The lowest BCUT2D eigenvalue weighted by molar-refractivity contribution is 1.06. The lowest BCUT2D eigenvalue weighted by atomic mass is 9.93. The van der Waals surface area contributed by atoms with Crippen LogP contribution in [0.15, 0.2) is 176 Å². The molecule has 3 heterocycles. The lowest BCUT2D eigenvalue weighted by Crippen LogP contribution is -2.05. The van der Waals surface area contributed by atoms with Gasteiger partial charge in [0.1, 0.15) is 0 Å². The van der Waals surface area contributed by atoms with Crippen molar-refractivity contribution in [3.63, 3.8) is 0 Å². The first-order valence-corrected chi connectivity index (χ1v) is 17.8. The van der Waals surface area contributed by atoms with Gasteiger partial charge in [-0.2, -0.15) is 0 Å². The molecule has 0 bridgehead atoms. The Kier molecular flexibility index (Phi) is 6.48. The van der Waals surface area contributed by atoms with E-state index in [1.807, 2.05) is 79.0 Å². The molecule has 0 atom stereocenters. The Labute approximate surface area is 305 Å². The van der Waals surface area contributed by atoms with E-state index in [2.05, 4.69) is 102 Å². The fraction of sp³-hybridized carbons (Fsp3) is 0. The Morgan fingerprint density at radius 1 is 0.340 bits per heavy atom. The second-order valence-corrected chi connectivity index (χ2v) is 13.4. The van der Waals surface area contributed by atoms with Crippen molar-refractivity contribution >= 4 is 32.6 Å². The van der Waals surface area contributed by atoms with Gasteiger partial charge in [-0.3, -0.25) is 4.98 Å². The van der Waals surface area contributed by atoms with Gasteiger partial charge in [-0.1, -0.05) is 140 Å². The first-order chi connectivity index (χ1) is 26.3. The van der Waals surface area contributed by atoms with Gasteiger partial charge in [-0.25, -0.2) is 15.0 Å². The molecule has 0 fully saturated rings. The summed E-state index contributed by atoms with van der Waals surface area (Å²) in [7, 11) is 0. The summed E-state index contributed by atoms with van der Waals surface area (Å²) >= 11 is 0. The maximum atomic E-state index is 5.23. The number of pyridine rings is 1. The van der Waals surface area contributed by atoms with Crippen molar-refractivity contribution < 1.29 is 0 Å². The van der Waals surface area contributed by atoms with Crippen LogP contribution in [0.2, 0.25) is 0 Å². The number of para-hydroxylation sites is 1. The minimum Gasteiger partial charge on any atom is -0.308 e. The quantitative estimate of drug-likeness (QED) is 0.182. The minimum atomic E-state index is 0.593. The summed E-state index contributed by atoms with van der Waals surface area (Å²) in [6.07, 6.45) is 1.86. The van der Waals surface area contributed by atoms with Gasteiger partial charge in [-0.15, -0.1) is 0 Å². The van der Waals surface area contributed by atoms with E-state index in [-0.39, 0.29) is 0 Å². The SMILES string of the molecule is c1ccc(-c2nc(-c3ccccc3)nc(-c3cccc(-c4ccccn4)c3-n3c4cccc5c4c4c6c(cccc6ccc43)-c3ccccc3-5)n2)cc1. The van der Waals surface area contributed by atoms with Crippen LogP contribution in [0.25, 0.3) is 106 Å². The number of hydrogen-bond donors (Lipinski definition) is 0. The average Bonchev–Trinajstić information content (AvgIpc) is 3.52. The summed E-state index contributed by atoms with van der Waals surface area (Å²) in [5.41, 5.74) is 12.8. The van der Waals surface area contributed by atoms with Crippen molar-refractivity contribution in [1.82, 2.24) is 24.5 Å². The Bertz CT molecular complexity index is 2980. The summed E-state index contributed by atoms with van der Waals surface area (Å²) < 4.78 is 2.42. The molecular formula is C48H29N5. The normalized spacial score (nSPS) is 11.8. The molecule has 10 aromatic rings. The van der Waals surface area contributed by atoms with Crippen LogP contribution < -0.4 is 0 Å². The molecule has 1 aliphatic carbocycles. The van der Waals surface area contributed by atoms with Gasteiger partial charge in [0.05, 0.1) is 22.4 Å². The zero-order valence-electron chi connectivity index (χ0n) is 28.5. The number of rotatable bonds is 5. The van der Waals surface area contributed by atoms with E-state index in [0.717, 1.165) is 44.7 Å². The molecule has 3 aromatic heterocycles. The van der Waals surface area contributed by atoms with Crippen LogP contribution in [0, 0.1) is 0 Å². The molecule has 1 aliphatic rings. The molecule has 0 N–H and O–H groups in total. The van der Waals surface area contributed by atoms with Gasteiger partial charge >= 0.3 is 0 Å². The number of aromatic nitrogens is 5. The van der Waals surface area contributed by atoms with Crippen LogP contribution >= 0.6 is 0 Å². The van der Waals surface area contributed by atoms with Gasteiger partial charge in [0.2, 0.25) is 0 Å². The highest BCUT2D eigenvalue weighted by Crippen LogP contribution is 2.50. The highest BCUT2D eigenvalue weighted by Gasteiger charge is 2.27. The third-order valence-corrected chi connectivity index (χ3v) is 10.4. The molecular weight excluding hydrogens is 647 g/mol. The summed E-state index contributed by atoms with van der Waals surface area (Å²) in [6, 6.07) is 59.5. The molecule has 5 heteroatoms. The van der Waals surface area contributed by atoms with E-state index >= 15 is 0 Å². The van der Waals surface area contributed by atoms with Crippen molar-refractivity contribution in [2.75, 3.05) is 0 Å². The lowest BCUT2D eigenvalue weighted by Gasteiger charge is -2.19. The first-order valence-electron chi connectivity index (χ1n) is 17.8. The third-order valence-electron chi connectivity index (χ3n) is 10.4. The van der Waals surface area contributed by atoms with Crippen LogP contribution in [0.5, 0.6) is 0 Å². The number of hydrogen-bond acceptors (Lipinski definition) is 4. The zero-order chi connectivity index (χ0) is 34.9. The van der Waals surface area contributed by atoms with E-state index in [0.29, 0.717) is 17.5 Å². The molecule has 0 saturated carbocycles. The third kappa shape index (κ3) is 4.51. The van der Waals surface area contributed by atoms with Gasteiger partial charge in [0.15, 0.2) is 17.5 Å². The summed E-state index contributed by atoms with van der Waals surface area (Å²) in [5, 5.41) is 4.96. The first kappa shape index (κ1) is 29.5. The van der Waals surface area contributed by atoms with E-state index < -0.39 is 0 Å². The standard InChI is InChI=1S/C48H29N5/c1-3-14-31(15-4-1)46-50-47(32-16-5-2-6-17-32)52-48(51-46)38-24-12-23-37(39-25-9-10-29-49-39)45(38)53-40-26-13-22-36-34-20-8-7-19-33(34)35-21-11-18-30-27-28-41(53)44(42(30)35)43(36)40/h1-29H. The molecule has 0 radical (unpaired) electrons. The highest BCUT2D eigenvalue weighted by molar-refractivity contribution is 6.30. The van der Waals surface area contributed by atoms with E-state index in [9.17, 15) is 0 Å². The minimum absolute atomic E-state index is 0.593. The molecule has 11 rings (SSSR count). The van der Waals surface area contributed by atoms with Crippen LogP contribution in [0.1, 0.15) is 0 Å². The van der Waals surface area contributed by atoms with Crippen molar-refractivity contribution in [2.24, 2.45) is 0 Å². The maximum absolute atomic E-state index is 5.23. The Hall–Kier alpha value is -7.24. The van der Waals surface area contributed by atoms with Crippen molar-refractivity contribution in [3.8, 4) is 73.4 Å². The summed E-state index contributed by atoms with van der Waals surface area (Å²) in [5.74, 6) is 1.83. The second kappa shape index (κ2) is 11.7. The summed E-state index contributed by atoms with van der Waals surface area (Å²) in [6.45, 7) is 0. The van der Waals surface area contributed by atoms with E-state index in [4.69, 9.17) is 19.9 Å². The molecule has 53 heavy (non-hydrogen) atoms. The fourth-order valence-corrected chi connectivity index (χ4v) is 8.19.